The Balaban J connectivity index is 1.88. The molecule has 0 aliphatic carbocycles. The second kappa shape index (κ2) is 4.09. The lowest BCUT2D eigenvalue weighted by Gasteiger charge is -2.28. The molecule has 2 aliphatic heterocycles. The van der Waals surface area contributed by atoms with E-state index < -0.39 is 0 Å². The molecular formula is C10H15NO3. The summed E-state index contributed by atoms with van der Waals surface area (Å²) < 4.78 is 5.18. The van der Waals surface area contributed by atoms with Crippen LogP contribution in [0, 0.1) is 5.92 Å². The van der Waals surface area contributed by atoms with Crippen LogP contribution in [0.2, 0.25) is 0 Å². The summed E-state index contributed by atoms with van der Waals surface area (Å²) in [6.45, 7) is 2.47. The number of ether oxygens (including phenoxy) is 1. The highest BCUT2D eigenvalue weighted by Gasteiger charge is 2.29. The molecule has 0 spiro atoms. The van der Waals surface area contributed by atoms with Gasteiger partial charge in [-0.1, -0.05) is 0 Å². The molecule has 0 saturated carbocycles. The average Bonchev–Trinajstić information content (AvgIpc) is 2.71. The lowest BCUT2D eigenvalue weighted by molar-refractivity contribution is -0.138. The van der Waals surface area contributed by atoms with E-state index in [1.165, 1.54) is 0 Å². The van der Waals surface area contributed by atoms with Crippen molar-refractivity contribution in [1.29, 1.82) is 0 Å². The van der Waals surface area contributed by atoms with Gasteiger partial charge in [0.1, 0.15) is 5.78 Å². The SMILES string of the molecule is O=C1CCN(C(=O)C2CCOC2)CC1. The summed E-state index contributed by atoms with van der Waals surface area (Å²) in [7, 11) is 0. The van der Waals surface area contributed by atoms with Crippen LogP contribution in [0.25, 0.3) is 0 Å². The maximum absolute atomic E-state index is 11.8. The minimum absolute atomic E-state index is 0.0446. The number of carbonyl (C=O) groups is 2. The first-order chi connectivity index (χ1) is 6.77. The smallest absolute Gasteiger partial charge is 0.228 e. The number of piperidine rings is 1. The third kappa shape index (κ3) is 1.95. The van der Waals surface area contributed by atoms with Crippen LogP contribution in [-0.2, 0) is 14.3 Å². The number of hydrogen-bond donors (Lipinski definition) is 0. The van der Waals surface area contributed by atoms with Gasteiger partial charge in [-0.05, 0) is 6.42 Å². The molecule has 0 aromatic carbocycles. The molecule has 2 heterocycles. The van der Waals surface area contributed by atoms with Gasteiger partial charge in [-0.2, -0.15) is 0 Å². The Morgan fingerprint density at radius 1 is 1.36 bits per heavy atom. The van der Waals surface area contributed by atoms with Gasteiger partial charge in [-0.25, -0.2) is 0 Å². The number of Topliss-reactive ketones (excluding diaryl/α,β-unsaturated/α-hetero) is 1. The molecule has 1 amide bonds. The Morgan fingerprint density at radius 2 is 2.07 bits per heavy atom. The van der Waals surface area contributed by atoms with Gasteiger partial charge < -0.3 is 9.64 Å². The summed E-state index contributed by atoms with van der Waals surface area (Å²) >= 11 is 0. The first kappa shape index (κ1) is 9.65. The van der Waals surface area contributed by atoms with Crippen molar-refractivity contribution in [2.45, 2.75) is 19.3 Å². The van der Waals surface area contributed by atoms with Crippen LogP contribution >= 0.6 is 0 Å². The first-order valence-corrected chi connectivity index (χ1v) is 5.15. The van der Waals surface area contributed by atoms with Gasteiger partial charge in [-0.3, -0.25) is 9.59 Å². The minimum atomic E-state index is 0.0446. The van der Waals surface area contributed by atoms with Gasteiger partial charge in [0, 0.05) is 32.5 Å². The molecule has 2 aliphatic rings. The standard InChI is InChI=1S/C10H15NO3/c12-9-1-4-11(5-2-9)10(13)8-3-6-14-7-8/h8H,1-7H2. The molecule has 2 saturated heterocycles. The van der Waals surface area contributed by atoms with E-state index in [-0.39, 0.29) is 17.6 Å². The van der Waals surface area contributed by atoms with E-state index in [4.69, 9.17) is 4.74 Å². The summed E-state index contributed by atoms with van der Waals surface area (Å²) in [5, 5.41) is 0. The predicted molar refractivity (Wildman–Crippen MR) is 49.7 cm³/mol. The molecule has 4 heteroatoms. The number of nitrogens with zero attached hydrogens (tertiary/aromatic N) is 1. The summed E-state index contributed by atoms with van der Waals surface area (Å²) in [6.07, 6.45) is 1.89. The molecule has 2 fully saturated rings. The molecule has 78 valence electrons. The van der Waals surface area contributed by atoms with E-state index in [9.17, 15) is 9.59 Å². The molecule has 1 unspecified atom stereocenters. The van der Waals surface area contributed by atoms with Crippen molar-refractivity contribution in [3.63, 3.8) is 0 Å². The van der Waals surface area contributed by atoms with E-state index in [2.05, 4.69) is 0 Å². The zero-order valence-corrected chi connectivity index (χ0v) is 8.20. The number of amides is 1. The van der Waals surface area contributed by atoms with Gasteiger partial charge >= 0.3 is 0 Å². The second-order valence-electron chi connectivity index (χ2n) is 3.92. The van der Waals surface area contributed by atoms with Crippen molar-refractivity contribution in [3.8, 4) is 0 Å². The van der Waals surface area contributed by atoms with E-state index >= 15 is 0 Å². The Morgan fingerprint density at radius 3 is 2.64 bits per heavy atom. The van der Waals surface area contributed by atoms with E-state index in [0.29, 0.717) is 39.1 Å². The normalized spacial score (nSPS) is 28.1. The predicted octanol–water partition coefficient (Wildman–Crippen LogP) is 0.214. The van der Waals surface area contributed by atoms with Crippen LogP contribution in [0.5, 0.6) is 0 Å². The van der Waals surface area contributed by atoms with Crippen molar-refractivity contribution in [3.05, 3.63) is 0 Å². The van der Waals surface area contributed by atoms with Gasteiger partial charge in [0.2, 0.25) is 5.91 Å². The molecule has 0 radical (unpaired) electrons. The number of rotatable bonds is 1. The first-order valence-electron chi connectivity index (χ1n) is 5.15. The average molecular weight is 197 g/mol. The van der Waals surface area contributed by atoms with Crippen molar-refractivity contribution in [2.75, 3.05) is 26.3 Å². The summed E-state index contributed by atoms with van der Waals surface area (Å²) in [5.74, 6) is 0.495. The maximum atomic E-state index is 11.8. The van der Waals surface area contributed by atoms with Gasteiger partial charge in [-0.15, -0.1) is 0 Å². The van der Waals surface area contributed by atoms with Crippen LogP contribution in [0.3, 0.4) is 0 Å². The minimum Gasteiger partial charge on any atom is -0.381 e. The highest BCUT2D eigenvalue weighted by molar-refractivity contribution is 5.84. The fraction of sp³-hybridized carbons (Fsp3) is 0.800. The maximum Gasteiger partial charge on any atom is 0.228 e. The van der Waals surface area contributed by atoms with Crippen molar-refractivity contribution in [2.24, 2.45) is 5.92 Å². The van der Waals surface area contributed by atoms with Crippen molar-refractivity contribution in [1.82, 2.24) is 4.90 Å². The zero-order valence-electron chi connectivity index (χ0n) is 8.20. The molecule has 0 N–H and O–H groups in total. The quantitative estimate of drug-likeness (QED) is 0.604. The van der Waals surface area contributed by atoms with E-state index in [0.717, 1.165) is 6.42 Å². The summed E-state index contributed by atoms with van der Waals surface area (Å²) in [5.41, 5.74) is 0. The molecule has 0 aromatic heterocycles. The Hall–Kier alpha value is -0.900. The fourth-order valence-corrected chi connectivity index (χ4v) is 1.96. The van der Waals surface area contributed by atoms with Crippen molar-refractivity contribution >= 4 is 11.7 Å². The fourth-order valence-electron chi connectivity index (χ4n) is 1.96. The van der Waals surface area contributed by atoms with Crippen LogP contribution in [0.15, 0.2) is 0 Å². The molecule has 0 bridgehead atoms. The largest absolute Gasteiger partial charge is 0.381 e. The topological polar surface area (TPSA) is 46.6 Å². The number of carbonyl (C=O) groups excluding carboxylic acids is 2. The molecule has 2 rings (SSSR count). The van der Waals surface area contributed by atoms with Gasteiger partial charge in [0.25, 0.3) is 0 Å². The number of likely N-dealkylation sites (tertiary alicyclic amines) is 1. The second-order valence-corrected chi connectivity index (χ2v) is 3.92. The number of ketones is 1. The van der Waals surface area contributed by atoms with E-state index in [1.807, 2.05) is 0 Å². The highest BCUT2D eigenvalue weighted by atomic mass is 16.5. The molecule has 1 atom stereocenters. The lowest BCUT2D eigenvalue weighted by Crippen LogP contribution is -2.42. The Bertz CT molecular complexity index is 236. The number of hydrogen-bond acceptors (Lipinski definition) is 3. The Labute approximate surface area is 83.2 Å². The van der Waals surface area contributed by atoms with Crippen LogP contribution in [0.1, 0.15) is 19.3 Å². The Kier molecular flexibility index (Phi) is 2.82. The third-order valence-electron chi connectivity index (χ3n) is 2.91. The van der Waals surface area contributed by atoms with Gasteiger partial charge in [0.05, 0.1) is 12.5 Å². The lowest BCUT2D eigenvalue weighted by atomic mass is 10.0. The molecular weight excluding hydrogens is 182 g/mol. The molecule has 0 aromatic rings. The molecule has 14 heavy (non-hydrogen) atoms. The van der Waals surface area contributed by atoms with Crippen LogP contribution < -0.4 is 0 Å². The third-order valence-corrected chi connectivity index (χ3v) is 2.91. The highest BCUT2D eigenvalue weighted by Crippen LogP contribution is 2.17. The summed E-state index contributed by atoms with van der Waals surface area (Å²) in [6, 6.07) is 0. The monoisotopic (exact) mass is 197 g/mol. The van der Waals surface area contributed by atoms with Crippen LogP contribution in [-0.4, -0.2) is 42.9 Å². The summed E-state index contributed by atoms with van der Waals surface area (Å²) in [4.78, 5) is 24.6. The van der Waals surface area contributed by atoms with Gasteiger partial charge in [0.15, 0.2) is 0 Å². The van der Waals surface area contributed by atoms with Crippen molar-refractivity contribution < 1.29 is 14.3 Å². The van der Waals surface area contributed by atoms with Crippen LogP contribution in [0.4, 0.5) is 0 Å². The molecule has 4 nitrogen and oxygen atoms in total. The zero-order chi connectivity index (χ0) is 9.97. The van der Waals surface area contributed by atoms with E-state index in [1.54, 1.807) is 4.90 Å².